The summed E-state index contributed by atoms with van der Waals surface area (Å²) in [5.74, 6) is -2.40. The summed E-state index contributed by atoms with van der Waals surface area (Å²) in [7, 11) is 1.15. The molecule has 3 rings (SSSR count). The molecule has 2 aromatic carbocycles. The zero-order valence-electron chi connectivity index (χ0n) is 19.4. The Labute approximate surface area is 210 Å². The number of aryl methyl sites for hydroxylation is 1. The van der Waals surface area contributed by atoms with Crippen LogP contribution in [0.25, 0.3) is 0 Å². The van der Waals surface area contributed by atoms with Crippen molar-refractivity contribution in [2.45, 2.75) is 19.4 Å². The lowest BCUT2D eigenvalue weighted by Crippen LogP contribution is -2.49. The van der Waals surface area contributed by atoms with Gasteiger partial charge in [-0.2, -0.15) is 0 Å². The van der Waals surface area contributed by atoms with Gasteiger partial charge in [-0.15, -0.1) is 0 Å². The summed E-state index contributed by atoms with van der Waals surface area (Å²) in [5.41, 5.74) is 1.11. The Morgan fingerprint density at radius 2 is 1.72 bits per heavy atom. The molecule has 0 saturated carbocycles. The standard InChI is InChI=1S/C24H24N4O7S/c1-13-20(36-24(26-13)28-19(31)10-14-5-3-7-16(29)9-14)22(33)27-18(23(34)35-2)12-25-21(32)15-6-4-8-17(30)11-15/h3-9,11,18,29-30H,10,12H2,1-2H3,(H,25,32)(H,27,33)(H,26,28,31). The number of carbonyl (C=O) groups is 4. The average molecular weight is 513 g/mol. The summed E-state index contributed by atoms with van der Waals surface area (Å²) >= 11 is 0.922. The molecule has 0 aliphatic carbocycles. The van der Waals surface area contributed by atoms with E-state index in [1.165, 1.54) is 36.4 Å². The smallest absolute Gasteiger partial charge is 0.330 e. The number of phenolic OH excluding ortho intramolecular Hbond substituents is 2. The minimum atomic E-state index is -1.20. The first-order valence-electron chi connectivity index (χ1n) is 10.7. The summed E-state index contributed by atoms with van der Waals surface area (Å²) in [5, 5.41) is 26.9. The van der Waals surface area contributed by atoms with E-state index in [-0.39, 0.29) is 45.9 Å². The van der Waals surface area contributed by atoms with Crippen molar-refractivity contribution in [1.29, 1.82) is 0 Å². The van der Waals surface area contributed by atoms with Crippen LogP contribution in [0.15, 0.2) is 48.5 Å². The third-order valence-corrected chi connectivity index (χ3v) is 5.96. The van der Waals surface area contributed by atoms with Crippen LogP contribution in [0.3, 0.4) is 0 Å². The molecule has 0 spiro atoms. The van der Waals surface area contributed by atoms with E-state index >= 15 is 0 Å². The molecule has 5 N–H and O–H groups in total. The van der Waals surface area contributed by atoms with Gasteiger partial charge >= 0.3 is 5.97 Å². The number of anilines is 1. The summed E-state index contributed by atoms with van der Waals surface area (Å²) in [6, 6.07) is 10.7. The van der Waals surface area contributed by atoms with Crippen molar-refractivity contribution in [1.82, 2.24) is 15.6 Å². The molecular formula is C24H24N4O7S. The first-order chi connectivity index (χ1) is 17.2. The van der Waals surface area contributed by atoms with Crippen molar-refractivity contribution >= 4 is 40.2 Å². The van der Waals surface area contributed by atoms with Gasteiger partial charge in [0.25, 0.3) is 11.8 Å². The number of hydrogen-bond acceptors (Lipinski definition) is 9. The molecule has 0 fully saturated rings. The van der Waals surface area contributed by atoms with Gasteiger partial charge in [-0.1, -0.05) is 29.5 Å². The Bertz CT molecular complexity index is 1290. The van der Waals surface area contributed by atoms with E-state index in [9.17, 15) is 29.4 Å². The van der Waals surface area contributed by atoms with Crippen LogP contribution in [-0.4, -0.2) is 58.6 Å². The monoisotopic (exact) mass is 512 g/mol. The molecule has 36 heavy (non-hydrogen) atoms. The number of nitrogens with one attached hydrogen (secondary N) is 3. The Balaban J connectivity index is 1.63. The minimum Gasteiger partial charge on any atom is -0.508 e. The molecule has 0 aliphatic heterocycles. The van der Waals surface area contributed by atoms with E-state index in [2.05, 4.69) is 20.9 Å². The van der Waals surface area contributed by atoms with Gasteiger partial charge in [0.2, 0.25) is 5.91 Å². The van der Waals surface area contributed by atoms with Crippen LogP contribution in [0.5, 0.6) is 11.5 Å². The first-order valence-corrected chi connectivity index (χ1v) is 11.5. The highest BCUT2D eigenvalue weighted by molar-refractivity contribution is 7.17. The van der Waals surface area contributed by atoms with Gasteiger partial charge in [0.1, 0.15) is 22.4 Å². The number of thiazole rings is 1. The molecular weight excluding hydrogens is 488 g/mol. The van der Waals surface area contributed by atoms with Crippen molar-refractivity contribution in [2.75, 3.05) is 19.0 Å². The molecule has 1 atom stereocenters. The minimum absolute atomic E-state index is 0.00212. The predicted octanol–water partition coefficient (Wildman–Crippen LogP) is 1.75. The number of ether oxygens (including phenoxy) is 1. The van der Waals surface area contributed by atoms with Crippen LogP contribution in [0.4, 0.5) is 5.13 Å². The van der Waals surface area contributed by atoms with Gasteiger partial charge in [0.15, 0.2) is 5.13 Å². The number of phenols is 2. The van der Waals surface area contributed by atoms with Crippen LogP contribution >= 0.6 is 11.3 Å². The van der Waals surface area contributed by atoms with E-state index in [1.54, 1.807) is 19.1 Å². The molecule has 0 aliphatic rings. The zero-order valence-corrected chi connectivity index (χ0v) is 20.2. The van der Waals surface area contributed by atoms with Crippen LogP contribution in [0.2, 0.25) is 0 Å². The molecule has 0 saturated heterocycles. The summed E-state index contributed by atoms with van der Waals surface area (Å²) in [4.78, 5) is 54.1. The third-order valence-electron chi connectivity index (χ3n) is 4.89. The maximum atomic E-state index is 12.8. The van der Waals surface area contributed by atoms with Crippen LogP contribution < -0.4 is 16.0 Å². The van der Waals surface area contributed by atoms with Gasteiger partial charge in [0.05, 0.1) is 19.2 Å². The van der Waals surface area contributed by atoms with Crippen molar-refractivity contribution in [2.24, 2.45) is 0 Å². The van der Waals surface area contributed by atoms with E-state index in [4.69, 9.17) is 4.74 Å². The molecule has 0 bridgehead atoms. The largest absolute Gasteiger partial charge is 0.508 e. The highest BCUT2D eigenvalue weighted by Gasteiger charge is 2.26. The molecule has 1 unspecified atom stereocenters. The van der Waals surface area contributed by atoms with Gasteiger partial charge in [-0.05, 0) is 42.8 Å². The number of methoxy groups -OCH3 is 1. The van der Waals surface area contributed by atoms with Crippen LogP contribution in [-0.2, 0) is 20.7 Å². The summed E-state index contributed by atoms with van der Waals surface area (Å²) in [6.45, 7) is 1.31. The second kappa shape index (κ2) is 11.8. The van der Waals surface area contributed by atoms with Gasteiger partial charge in [-0.3, -0.25) is 14.4 Å². The Morgan fingerprint density at radius 1 is 1.03 bits per heavy atom. The number of nitrogens with zero attached hydrogens (tertiary/aromatic N) is 1. The first kappa shape index (κ1) is 26.2. The number of amides is 3. The molecule has 188 valence electrons. The Kier molecular flexibility index (Phi) is 8.57. The number of hydrogen-bond donors (Lipinski definition) is 5. The Morgan fingerprint density at radius 3 is 2.39 bits per heavy atom. The molecule has 3 amide bonds. The maximum Gasteiger partial charge on any atom is 0.330 e. The second-order valence-corrected chi connectivity index (χ2v) is 8.64. The average Bonchev–Trinajstić information content (AvgIpc) is 3.20. The third kappa shape index (κ3) is 7.03. The van der Waals surface area contributed by atoms with Gasteiger partial charge in [-0.25, -0.2) is 9.78 Å². The maximum absolute atomic E-state index is 12.8. The molecule has 0 radical (unpaired) electrons. The van der Waals surface area contributed by atoms with E-state index in [0.717, 1.165) is 18.4 Å². The molecule has 11 nitrogen and oxygen atoms in total. The van der Waals surface area contributed by atoms with Crippen molar-refractivity contribution < 1.29 is 34.1 Å². The normalized spacial score (nSPS) is 11.3. The fourth-order valence-electron chi connectivity index (χ4n) is 3.18. The van der Waals surface area contributed by atoms with Crippen LogP contribution in [0, 0.1) is 6.92 Å². The number of carbonyl (C=O) groups excluding carboxylic acids is 4. The summed E-state index contributed by atoms with van der Waals surface area (Å²) < 4.78 is 4.73. The fourth-order valence-corrected chi connectivity index (χ4v) is 4.06. The lowest BCUT2D eigenvalue weighted by Gasteiger charge is -2.17. The quantitative estimate of drug-likeness (QED) is 0.270. The lowest BCUT2D eigenvalue weighted by atomic mass is 10.1. The zero-order chi connectivity index (χ0) is 26.2. The number of benzene rings is 2. The predicted molar refractivity (Wildman–Crippen MR) is 131 cm³/mol. The topological polar surface area (TPSA) is 167 Å². The van der Waals surface area contributed by atoms with Gasteiger partial charge in [0, 0.05) is 12.1 Å². The highest BCUT2D eigenvalue weighted by atomic mass is 32.1. The molecule has 1 aromatic heterocycles. The summed E-state index contributed by atoms with van der Waals surface area (Å²) in [6.07, 6.45) is -0.00212. The van der Waals surface area contributed by atoms with Gasteiger partial charge < -0.3 is 30.9 Å². The fraction of sp³-hybridized carbons (Fsp3) is 0.208. The number of aromatic hydroxyl groups is 2. The number of esters is 1. The van der Waals surface area contributed by atoms with Crippen molar-refractivity contribution in [3.05, 3.63) is 70.2 Å². The number of rotatable bonds is 9. The van der Waals surface area contributed by atoms with E-state index in [1.807, 2.05) is 0 Å². The van der Waals surface area contributed by atoms with Crippen LogP contribution in [0.1, 0.15) is 31.3 Å². The molecule has 1 heterocycles. The molecule has 3 aromatic rings. The van der Waals surface area contributed by atoms with Crippen molar-refractivity contribution in [3.63, 3.8) is 0 Å². The second-order valence-electron chi connectivity index (χ2n) is 7.64. The molecule has 12 heteroatoms. The lowest BCUT2D eigenvalue weighted by molar-refractivity contribution is -0.142. The highest BCUT2D eigenvalue weighted by Crippen LogP contribution is 2.23. The van der Waals surface area contributed by atoms with E-state index in [0.29, 0.717) is 11.3 Å². The number of aromatic nitrogens is 1. The van der Waals surface area contributed by atoms with Crippen molar-refractivity contribution in [3.8, 4) is 11.5 Å². The van der Waals surface area contributed by atoms with E-state index < -0.39 is 23.8 Å². The Hall–Kier alpha value is -4.45. The SMILES string of the molecule is COC(=O)C(CNC(=O)c1cccc(O)c1)NC(=O)c1sc(NC(=O)Cc2cccc(O)c2)nc1C.